The lowest BCUT2D eigenvalue weighted by molar-refractivity contribution is 0.111. The van der Waals surface area contributed by atoms with E-state index < -0.39 is 29.8 Å². The maximum atomic E-state index is 15.8. The molecule has 1 aromatic carbocycles. The van der Waals surface area contributed by atoms with Gasteiger partial charge in [-0.3, -0.25) is 9.78 Å². The molecule has 12 heteroatoms. The van der Waals surface area contributed by atoms with Crippen molar-refractivity contribution in [1.29, 1.82) is 0 Å². The third-order valence-corrected chi connectivity index (χ3v) is 8.27. The van der Waals surface area contributed by atoms with E-state index >= 15 is 8.78 Å². The first-order valence-corrected chi connectivity index (χ1v) is 14.5. The monoisotopic (exact) mass is 611 g/mol. The number of pyridine rings is 2. The number of nitrogens with two attached hydrogens (primary N) is 1. The fraction of sp³-hybridized carbons (Fsp3) is 0.438. The van der Waals surface area contributed by atoms with Crippen LogP contribution in [0.25, 0.3) is 11.3 Å². The fourth-order valence-corrected chi connectivity index (χ4v) is 6.17. The molecule has 44 heavy (non-hydrogen) atoms. The molecule has 3 aromatic rings. The smallest absolute Gasteiger partial charge is 0.407 e. The number of hydrogen-bond acceptors (Lipinski definition) is 9. The molecular weight excluding hydrogens is 572 g/mol. The van der Waals surface area contributed by atoms with Crippen LogP contribution in [0.4, 0.5) is 19.3 Å². The number of carbonyl (C=O) groups is 2. The summed E-state index contributed by atoms with van der Waals surface area (Å²) < 4.78 is 46.6. The second-order valence-corrected chi connectivity index (χ2v) is 11.0. The molecule has 5 unspecified atom stereocenters. The van der Waals surface area contributed by atoms with Gasteiger partial charge in [0.2, 0.25) is 0 Å². The molecule has 0 radical (unpaired) electrons. The average molecular weight is 612 g/mol. The Morgan fingerprint density at radius 3 is 2.66 bits per heavy atom. The van der Waals surface area contributed by atoms with E-state index in [0.29, 0.717) is 31.3 Å². The van der Waals surface area contributed by atoms with E-state index in [1.807, 2.05) is 20.0 Å². The first-order valence-electron chi connectivity index (χ1n) is 14.5. The molecular formula is C32H39F2N5O5. The Bertz CT molecular complexity index is 1460. The van der Waals surface area contributed by atoms with Gasteiger partial charge in [-0.05, 0) is 72.4 Å². The standard InChI is InChI=1S/C32H39F2N5O5/c1-18(24-13-19(23-7-8-37-16-28(23)36-2)14-27(35)30(24)39-32(41)43-4)11-20-12-22(44-10-9-42-3)15-26(34)29(20)31-25(33)6-5-21(17-40)38-31/h5-8,12,15-19,24,27,30,36H,9-11,13-14,35H2,1-4H3,(H,39,41). The largest absolute Gasteiger partial charge is 0.491 e. The van der Waals surface area contributed by atoms with Crippen molar-refractivity contribution in [3.63, 3.8) is 0 Å². The Hall–Kier alpha value is -4.16. The summed E-state index contributed by atoms with van der Waals surface area (Å²) in [6.45, 7) is 2.46. The van der Waals surface area contributed by atoms with Crippen molar-refractivity contribution in [2.45, 2.75) is 44.2 Å². The first kappa shape index (κ1) is 32.7. The molecule has 10 nitrogen and oxygen atoms in total. The van der Waals surface area contributed by atoms with Crippen LogP contribution < -0.4 is 21.1 Å². The summed E-state index contributed by atoms with van der Waals surface area (Å²) in [7, 11) is 4.65. The number of ether oxygens (including phenoxy) is 3. The second kappa shape index (κ2) is 15.0. The zero-order chi connectivity index (χ0) is 31.8. The number of benzene rings is 1. The zero-order valence-corrected chi connectivity index (χ0v) is 25.3. The van der Waals surface area contributed by atoms with Crippen LogP contribution in [-0.4, -0.2) is 68.9 Å². The number of amides is 1. The highest BCUT2D eigenvalue weighted by Gasteiger charge is 2.41. The Balaban J connectivity index is 1.76. The molecule has 0 spiro atoms. The van der Waals surface area contributed by atoms with E-state index in [2.05, 4.69) is 20.6 Å². The molecule has 0 aliphatic heterocycles. The van der Waals surface area contributed by atoms with E-state index in [9.17, 15) is 9.59 Å². The summed E-state index contributed by atoms with van der Waals surface area (Å²) in [6, 6.07) is 6.25. The quantitative estimate of drug-likeness (QED) is 0.196. The molecule has 2 aromatic heterocycles. The van der Waals surface area contributed by atoms with Gasteiger partial charge in [-0.15, -0.1) is 0 Å². The van der Waals surface area contributed by atoms with Gasteiger partial charge in [0.05, 0.1) is 31.6 Å². The summed E-state index contributed by atoms with van der Waals surface area (Å²) in [5.41, 5.74) is 8.75. The molecule has 0 saturated heterocycles. The summed E-state index contributed by atoms with van der Waals surface area (Å²) in [5, 5.41) is 6.12. The fourth-order valence-electron chi connectivity index (χ4n) is 6.17. The number of nitrogens with zero attached hydrogens (tertiary/aromatic N) is 2. The number of alkyl carbamates (subject to hydrolysis) is 1. The number of carbonyl (C=O) groups excluding carboxylic acids is 2. The third-order valence-electron chi connectivity index (χ3n) is 8.27. The predicted molar refractivity (Wildman–Crippen MR) is 162 cm³/mol. The van der Waals surface area contributed by atoms with Crippen LogP contribution in [0.15, 0.2) is 42.7 Å². The van der Waals surface area contributed by atoms with Crippen molar-refractivity contribution < 1.29 is 32.6 Å². The normalized spacial score (nSPS) is 20.4. The minimum absolute atomic E-state index is 0.0265. The second-order valence-electron chi connectivity index (χ2n) is 11.0. The van der Waals surface area contributed by atoms with Crippen LogP contribution in [-0.2, 0) is 15.9 Å². The van der Waals surface area contributed by atoms with Gasteiger partial charge in [0.1, 0.15) is 35.4 Å². The average Bonchev–Trinajstić information content (AvgIpc) is 3.02. The lowest BCUT2D eigenvalue weighted by Gasteiger charge is -2.43. The van der Waals surface area contributed by atoms with Crippen molar-refractivity contribution in [1.82, 2.24) is 15.3 Å². The van der Waals surface area contributed by atoms with Crippen LogP contribution in [0, 0.1) is 23.5 Å². The molecule has 4 rings (SSSR count). The van der Waals surface area contributed by atoms with Crippen LogP contribution >= 0.6 is 0 Å². The van der Waals surface area contributed by atoms with Gasteiger partial charge in [0.25, 0.3) is 0 Å². The number of hydrogen-bond donors (Lipinski definition) is 3. The van der Waals surface area contributed by atoms with Crippen molar-refractivity contribution in [2.24, 2.45) is 17.6 Å². The SMILES string of the molecule is CNc1cnccc1C1CC(N)C(NC(=O)OC)C(C(C)Cc2cc(OCCOC)cc(F)c2-c2nc(C=O)ccc2F)C1. The lowest BCUT2D eigenvalue weighted by atomic mass is 9.67. The number of halogens is 2. The van der Waals surface area contributed by atoms with Crippen LogP contribution in [0.3, 0.4) is 0 Å². The van der Waals surface area contributed by atoms with Gasteiger partial charge in [-0.2, -0.15) is 0 Å². The van der Waals surface area contributed by atoms with Crippen molar-refractivity contribution in [3.05, 3.63) is 71.2 Å². The molecule has 1 amide bonds. The number of rotatable bonds is 12. The molecule has 1 saturated carbocycles. The van der Waals surface area contributed by atoms with Crippen LogP contribution in [0.2, 0.25) is 0 Å². The Labute approximate surface area is 255 Å². The summed E-state index contributed by atoms with van der Waals surface area (Å²) in [4.78, 5) is 32.2. The number of methoxy groups -OCH3 is 2. The number of aldehydes is 1. The molecule has 2 heterocycles. The van der Waals surface area contributed by atoms with Crippen molar-refractivity contribution >= 4 is 18.1 Å². The maximum absolute atomic E-state index is 15.8. The Morgan fingerprint density at radius 1 is 1.16 bits per heavy atom. The molecule has 1 aliphatic carbocycles. The van der Waals surface area contributed by atoms with Crippen LogP contribution in [0.1, 0.15) is 47.3 Å². The van der Waals surface area contributed by atoms with Gasteiger partial charge in [-0.1, -0.05) is 6.92 Å². The minimum atomic E-state index is -0.765. The molecule has 0 bridgehead atoms. The minimum Gasteiger partial charge on any atom is -0.491 e. The topological polar surface area (TPSA) is 138 Å². The highest BCUT2D eigenvalue weighted by molar-refractivity contribution is 5.75. The third kappa shape index (κ3) is 7.48. The van der Waals surface area contributed by atoms with E-state index in [0.717, 1.165) is 17.3 Å². The lowest BCUT2D eigenvalue weighted by Crippen LogP contribution is -2.57. The van der Waals surface area contributed by atoms with Crippen molar-refractivity contribution in [3.8, 4) is 17.0 Å². The summed E-state index contributed by atoms with van der Waals surface area (Å²) in [6.07, 6.45) is 4.90. The summed E-state index contributed by atoms with van der Waals surface area (Å²) >= 11 is 0. The number of aromatic nitrogens is 2. The van der Waals surface area contributed by atoms with Gasteiger partial charge < -0.3 is 30.6 Å². The Morgan fingerprint density at radius 2 is 1.95 bits per heavy atom. The first-order chi connectivity index (χ1) is 21.2. The molecule has 1 fully saturated rings. The number of nitrogens with one attached hydrogen (secondary N) is 2. The number of anilines is 1. The van der Waals surface area contributed by atoms with E-state index in [1.54, 1.807) is 18.5 Å². The molecule has 236 valence electrons. The summed E-state index contributed by atoms with van der Waals surface area (Å²) in [5.74, 6) is -1.60. The van der Waals surface area contributed by atoms with Crippen LogP contribution in [0.5, 0.6) is 5.75 Å². The van der Waals surface area contributed by atoms with Gasteiger partial charge >= 0.3 is 6.09 Å². The van der Waals surface area contributed by atoms with E-state index in [-0.39, 0.29) is 53.5 Å². The van der Waals surface area contributed by atoms with E-state index in [1.165, 1.54) is 26.4 Å². The van der Waals surface area contributed by atoms with E-state index in [4.69, 9.17) is 19.9 Å². The van der Waals surface area contributed by atoms with Gasteiger partial charge in [-0.25, -0.2) is 18.6 Å². The highest BCUT2D eigenvalue weighted by Crippen LogP contribution is 2.43. The molecule has 4 N–H and O–H groups in total. The Kier molecular flexibility index (Phi) is 11.2. The van der Waals surface area contributed by atoms with Gasteiger partial charge in [0.15, 0.2) is 6.29 Å². The van der Waals surface area contributed by atoms with Crippen molar-refractivity contribution in [2.75, 3.05) is 39.8 Å². The predicted octanol–water partition coefficient (Wildman–Crippen LogP) is 4.73. The maximum Gasteiger partial charge on any atom is 0.407 e. The molecule has 1 aliphatic rings. The highest BCUT2D eigenvalue weighted by atomic mass is 19.1. The zero-order valence-electron chi connectivity index (χ0n) is 25.3. The molecule has 5 atom stereocenters. The van der Waals surface area contributed by atoms with Gasteiger partial charge in [0, 0.05) is 38.0 Å².